The van der Waals surface area contributed by atoms with Crippen molar-refractivity contribution in [3.63, 3.8) is 0 Å². The number of ketones is 1. The van der Waals surface area contributed by atoms with E-state index in [9.17, 15) is 9.59 Å². The molecule has 3 aromatic carbocycles. The topological polar surface area (TPSA) is 49.4 Å². The first kappa shape index (κ1) is 21.6. The van der Waals surface area contributed by atoms with Crippen molar-refractivity contribution < 1.29 is 9.59 Å². The molecule has 0 bridgehead atoms. The minimum Gasteiger partial charge on any atom is -0.376 e. The van der Waals surface area contributed by atoms with Gasteiger partial charge in [-0.2, -0.15) is 0 Å². The average Bonchev–Trinajstić information content (AvgIpc) is 3.37. The highest BCUT2D eigenvalue weighted by Gasteiger charge is 2.31. The second-order valence-corrected chi connectivity index (χ2v) is 9.88. The number of carbonyl (C=O) groups is 2. The Bertz CT molecular complexity index is 1370. The lowest BCUT2D eigenvalue weighted by Gasteiger charge is -2.17. The third-order valence-corrected chi connectivity index (χ3v) is 8.39. The molecule has 0 saturated heterocycles. The second-order valence-electron chi connectivity index (χ2n) is 7.83. The van der Waals surface area contributed by atoms with Gasteiger partial charge in [0, 0.05) is 36.0 Å². The van der Waals surface area contributed by atoms with Crippen molar-refractivity contribution in [1.29, 1.82) is 0 Å². The number of Topliss-reactive ketones (excluding diaryl/α,β-unsaturated/α-hetero) is 1. The molecule has 5 rings (SSSR count). The Morgan fingerprint density at radius 2 is 1.94 bits per heavy atom. The van der Waals surface area contributed by atoms with Gasteiger partial charge in [0.2, 0.25) is 0 Å². The van der Waals surface area contributed by atoms with Crippen molar-refractivity contribution in [3.8, 4) is 0 Å². The molecule has 33 heavy (non-hydrogen) atoms. The maximum absolute atomic E-state index is 13.1. The number of aldehydes is 1. The smallest absolute Gasteiger partial charge is 0.192 e. The van der Waals surface area contributed by atoms with Crippen LogP contribution in [0.25, 0.3) is 10.8 Å². The SMILES string of the molecule is C=CCN/C(S/C(C=O)=C1/Sc2c(ccc3ccccc23)N1C)=C1\Cc2ccccc2C1=O. The lowest BCUT2D eigenvalue weighted by Crippen LogP contribution is -2.17. The quantitative estimate of drug-likeness (QED) is 0.275. The standard InChI is InChI=1S/C27H22N2O2S2/c1-3-14-28-26(21-15-18-9-5-6-10-19(18)24(21)31)32-23(16-30)27-29(2)22-13-12-17-8-4-7-11-20(17)25(22)33-27/h3-13,16,28H,1,14-15H2,2H3/b26-21-,27-23+. The molecule has 0 saturated carbocycles. The van der Waals surface area contributed by atoms with Gasteiger partial charge in [-0.3, -0.25) is 9.59 Å². The summed E-state index contributed by atoms with van der Waals surface area (Å²) in [5.74, 6) is 0.0154. The summed E-state index contributed by atoms with van der Waals surface area (Å²) in [5.41, 5.74) is 3.52. The van der Waals surface area contributed by atoms with Crippen LogP contribution in [0.5, 0.6) is 0 Å². The minimum absolute atomic E-state index is 0.0154. The predicted octanol–water partition coefficient (Wildman–Crippen LogP) is 5.91. The number of benzene rings is 3. The van der Waals surface area contributed by atoms with Crippen LogP contribution >= 0.6 is 23.5 Å². The molecule has 1 heterocycles. The Kier molecular flexibility index (Phi) is 5.87. The van der Waals surface area contributed by atoms with E-state index in [0.717, 1.165) is 33.0 Å². The van der Waals surface area contributed by atoms with E-state index in [0.29, 0.717) is 28.5 Å². The van der Waals surface area contributed by atoms with E-state index in [1.54, 1.807) is 17.8 Å². The average molecular weight is 471 g/mol. The molecular formula is C27H22N2O2S2. The summed E-state index contributed by atoms with van der Waals surface area (Å²) in [6.45, 7) is 4.29. The van der Waals surface area contributed by atoms with Crippen molar-refractivity contribution >= 4 is 52.1 Å². The molecule has 0 aromatic heterocycles. The lowest BCUT2D eigenvalue weighted by molar-refractivity contribution is -0.104. The molecule has 2 aliphatic rings. The normalized spacial score (nSPS) is 17.6. The van der Waals surface area contributed by atoms with Crippen LogP contribution in [0.3, 0.4) is 0 Å². The summed E-state index contributed by atoms with van der Waals surface area (Å²) in [5, 5.41) is 7.22. The highest BCUT2D eigenvalue weighted by Crippen LogP contribution is 2.51. The van der Waals surface area contributed by atoms with E-state index in [-0.39, 0.29) is 5.78 Å². The van der Waals surface area contributed by atoms with Crippen molar-refractivity contribution in [2.45, 2.75) is 11.3 Å². The Hall–Kier alpha value is -3.22. The summed E-state index contributed by atoms with van der Waals surface area (Å²) >= 11 is 2.93. The van der Waals surface area contributed by atoms with Gasteiger partial charge < -0.3 is 10.2 Å². The molecule has 0 radical (unpaired) electrons. The molecule has 4 nitrogen and oxygen atoms in total. The highest BCUT2D eigenvalue weighted by atomic mass is 32.2. The number of hydrogen-bond acceptors (Lipinski definition) is 6. The van der Waals surface area contributed by atoms with Crippen molar-refractivity contribution in [2.75, 3.05) is 18.5 Å². The first-order valence-corrected chi connectivity index (χ1v) is 12.3. The number of carbonyl (C=O) groups excluding carboxylic acids is 2. The van der Waals surface area contributed by atoms with Gasteiger partial charge in [0.25, 0.3) is 0 Å². The van der Waals surface area contributed by atoms with Crippen LogP contribution in [0, 0.1) is 0 Å². The Labute approximate surface area is 201 Å². The molecule has 164 valence electrons. The van der Waals surface area contributed by atoms with Gasteiger partial charge in [-0.25, -0.2) is 0 Å². The first-order chi connectivity index (χ1) is 16.1. The summed E-state index contributed by atoms with van der Waals surface area (Å²) in [7, 11) is 1.98. The highest BCUT2D eigenvalue weighted by molar-refractivity contribution is 8.09. The monoisotopic (exact) mass is 470 g/mol. The third-order valence-electron chi connectivity index (χ3n) is 5.84. The van der Waals surface area contributed by atoms with Gasteiger partial charge in [0.1, 0.15) is 0 Å². The number of nitrogens with one attached hydrogen (secondary N) is 1. The van der Waals surface area contributed by atoms with E-state index < -0.39 is 0 Å². The largest absolute Gasteiger partial charge is 0.376 e. The Balaban J connectivity index is 1.55. The van der Waals surface area contributed by atoms with Crippen LogP contribution in [-0.2, 0) is 11.2 Å². The molecule has 3 aromatic rings. The number of fused-ring (bicyclic) bond motifs is 4. The molecule has 1 aliphatic heterocycles. The number of anilines is 1. The second kappa shape index (κ2) is 8.96. The zero-order valence-corrected chi connectivity index (χ0v) is 19.8. The number of nitrogens with zero attached hydrogens (tertiary/aromatic N) is 1. The Morgan fingerprint density at radius 3 is 2.73 bits per heavy atom. The van der Waals surface area contributed by atoms with Gasteiger partial charge in [-0.15, -0.1) is 6.58 Å². The Morgan fingerprint density at radius 1 is 1.15 bits per heavy atom. The van der Waals surface area contributed by atoms with Crippen LogP contribution in [0.1, 0.15) is 15.9 Å². The molecule has 6 heteroatoms. The van der Waals surface area contributed by atoms with E-state index in [4.69, 9.17) is 0 Å². The van der Waals surface area contributed by atoms with Crippen molar-refractivity contribution in [2.24, 2.45) is 0 Å². The van der Waals surface area contributed by atoms with E-state index >= 15 is 0 Å². The zero-order chi connectivity index (χ0) is 22.9. The number of allylic oxidation sites excluding steroid dienone is 2. The molecule has 0 spiro atoms. The molecular weight excluding hydrogens is 448 g/mol. The fourth-order valence-electron chi connectivity index (χ4n) is 4.20. The maximum atomic E-state index is 13.1. The minimum atomic E-state index is 0.0154. The van der Waals surface area contributed by atoms with Crippen LogP contribution in [-0.4, -0.2) is 25.7 Å². The van der Waals surface area contributed by atoms with Gasteiger partial charge in [-0.1, -0.05) is 84.2 Å². The van der Waals surface area contributed by atoms with Crippen LogP contribution in [0.4, 0.5) is 5.69 Å². The predicted molar refractivity (Wildman–Crippen MR) is 139 cm³/mol. The lowest BCUT2D eigenvalue weighted by atomic mass is 10.1. The summed E-state index contributed by atoms with van der Waals surface area (Å²) in [4.78, 5) is 29.2. The fraction of sp³-hybridized carbons (Fsp3) is 0.111. The summed E-state index contributed by atoms with van der Waals surface area (Å²) < 4.78 is 0. The van der Waals surface area contributed by atoms with Gasteiger partial charge in [0.15, 0.2) is 12.1 Å². The molecule has 1 aliphatic carbocycles. The molecule has 0 fully saturated rings. The summed E-state index contributed by atoms with van der Waals surface area (Å²) in [6, 6.07) is 20.1. The number of thioether (sulfide) groups is 2. The van der Waals surface area contributed by atoms with Crippen LogP contribution in [0.2, 0.25) is 0 Å². The number of hydrogen-bond donors (Lipinski definition) is 1. The van der Waals surface area contributed by atoms with E-state index in [1.165, 1.54) is 22.5 Å². The molecule has 1 N–H and O–H groups in total. The van der Waals surface area contributed by atoms with Gasteiger partial charge in [0.05, 0.1) is 20.7 Å². The van der Waals surface area contributed by atoms with E-state index in [2.05, 4.69) is 41.1 Å². The third kappa shape index (κ3) is 3.79. The zero-order valence-electron chi connectivity index (χ0n) is 18.1. The summed E-state index contributed by atoms with van der Waals surface area (Å²) in [6.07, 6.45) is 3.19. The molecule has 0 amide bonds. The first-order valence-electron chi connectivity index (χ1n) is 10.6. The molecule has 0 atom stereocenters. The van der Waals surface area contributed by atoms with Gasteiger partial charge >= 0.3 is 0 Å². The maximum Gasteiger partial charge on any atom is 0.192 e. The molecule has 0 unspecified atom stereocenters. The van der Waals surface area contributed by atoms with E-state index in [1.807, 2.05) is 43.4 Å². The van der Waals surface area contributed by atoms with Crippen molar-refractivity contribution in [3.05, 3.63) is 105 Å². The van der Waals surface area contributed by atoms with Crippen LogP contribution in [0.15, 0.2) is 98.8 Å². The fourth-order valence-corrected chi connectivity index (χ4v) is 6.57. The van der Waals surface area contributed by atoms with Gasteiger partial charge in [-0.05, 0) is 22.4 Å². The van der Waals surface area contributed by atoms with Crippen molar-refractivity contribution in [1.82, 2.24) is 5.32 Å². The number of rotatable bonds is 6. The van der Waals surface area contributed by atoms with Crippen LogP contribution < -0.4 is 10.2 Å².